The summed E-state index contributed by atoms with van der Waals surface area (Å²) in [6.07, 6.45) is 0. The van der Waals surface area contributed by atoms with Gasteiger partial charge >= 0.3 is 0 Å². The Bertz CT molecular complexity index is 472. The second-order valence-corrected chi connectivity index (χ2v) is 4.92. The molecular weight excluding hydrogens is 244 g/mol. The van der Waals surface area contributed by atoms with Gasteiger partial charge in [0.2, 0.25) is 5.91 Å². The molecule has 1 N–H and O–H groups in total. The largest absolute Gasteiger partial charge is 0.479 e. The smallest absolute Gasteiger partial charge is 0.250 e. The molecule has 0 saturated carbocycles. The van der Waals surface area contributed by atoms with Crippen molar-refractivity contribution in [2.24, 2.45) is 0 Å². The second-order valence-electron chi connectivity index (χ2n) is 4.92. The van der Waals surface area contributed by atoms with E-state index >= 15 is 0 Å². The Morgan fingerprint density at radius 1 is 1.42 bits per heavy atom. The molecule has 1 amide bonds. The number of hydrogen-bond donors (Lipinski definition) is 1. The van der Waals surface area contributed by atoms with Crippen LogP contribution in [0.15, 0.2) is 24.3 Å². The Hall–Kier alpha value is -2.06. The molecule has 5 nitrogen and oxygen atoms in total. The molecule has 19 heavy (non-hydrogen) atoms. The molecule has 5 heteroatoms. The topological polar surface area (TPSA) is 71.3 Å². The zero-order chi connectivity index (χ0) is 14.3. The van der Waals surface area contributed by atoms with E-state index in [1.807, 2.05) is 26.8 Å². The fourth-order valence-corrected chi connectivity index (χ4v) is 1.26. The Morgan fingerprint density at radius 3 is 2.79 bits per heavy atom. The monoisotopic (exact) mass is 262 g/mol. The highest BCUT2D eigenvalue weighted by molar-refractivity contribution is 5.91. The number of nitriles is 1. The summed E-state index contributed by atoms with van der Waals surface area (Å²) in [4.78, 5) is 11.7. The van der Waals surface area contributed by atoms with Crippen LogP contribution in [0.2, 0.25) is 0 Å². The highest BCUT2D eigenvalue weighted by Gasteiger charge is 2.13. The molecular formula is C14H18N2O3. The molecule has 0 saturated heterocycles. The van der Waals surface area contributed by atoms with Gasteiger partial charge in [0, 0.05) is 11.8 Å². The maximum atomic E-state index is 11.7. The van der Waals surface area contributed by atoms with Gasteiger partial charge in [-0.2, -0.15) is 5.26 Å². The summed E-state index contributed by atoms with van der Waals surface area (Å²) in [7, 11) is 0. The van der Waals surface area contributed by atoms with Gasteiger partial charge in [-0.25, -0.2) is 0 Å². The summed E-state index contributed by atoms with van der Waals surface area (Å²) < 4.78 is 10.5. The first kappa shape index (κ1) is 15.0. The van der Waals surface area contributed by atoms with Crippen molar-refractivity contribution in [3.63, 3.8) is 0 Å². The van der Waals surface area contributed by atoms with E-state index in [2.05, 4.69) is 5.32 Å². The maximum Gasteiger partial charge on any atom is 0.250 e. The number of ether oxygens (including phenoxy) is 2. The molecule has 0 aliphatic carbocycles. The molecule has 0 aromatic heterocycles. The van der Waals surface area contributed by atoms with Crippen LogP contribution in [0.5, 0.6) is 5.75 Å². The summed E-state index contributed by atoms with van der Waals surface area (Å²) in [5, 5.41) is 11.1. The first-order valence-corrected chi connectivity index (χ1v) is 5.94. The molecule has 1 rings (SSSR count). The minimum atomic E-state index is -0.352. The van der Waals surface area contributed by atoms with Crippen LogP contribution in [0.4, 0.5) is 5.69 Å². The molecule has 1 aromatic carbocycles. The summed E-state index contributed by atoms with van der Waals surface area (Å²) in [5.74, 6) is 0.309. The van der Waals surface area contributed by atoms with E-state index in [9.17, 15) is 4.79 Å². The van der Waals surface area contributed by atoms with Crippen LogP contribution in [-0.4, -0.2) is 24.7 Å². The van der Waals surface area contributed by atoms with Gasteiger partial charge in [0.25, 0.3) is 0 Å². The van der Waals surface area contributed by atoms with Crippen LogP contribution in [0.25, 0.3) is 0 Å². The molecule has 0 spiro atoms. The zero-order valence-electron chi connectivity index (χ0n) is 11.4. The third-order valence-electron chi connectivity index (χ3n) is 2.06. The second kappa shape index (κ2) is 6.76. The van der Waals surface area contributed by atoms with E-state index in [0.717, 1.165) is 0 Å². The Labute approximate surface area is 113 Å². The lowest BCUT2D eigenvalue weighted by Gasteiger charge is -2.19. The van der Waals surface area contributed by atoms with E-state index in [1.165, 1.54) is 0 Å². The van der Waals surface area contributed by atoms with Crippen molar-refractivity contribution < 1.29 is 14.3 Å². The van der Waals surface area contributed by atoms with Crippen molar-refractivity contribution in [2.75, 3.05) is 18.5 Å². The first-order chi connectivity index (χ1) is 8.90. The van der Waals surface area contributed by atoms with Gasteiger partial charge in [0.05, 0.1) is 5.60 Å². The molecule has 102 valence electrons. The third-order valence-corrected chi connectivity index (χ3v) is 2.06. The number of carbonyl (C=O) groups is 1. The average Bonchev–Trinajstić information content (AvgIpc) is 2.33. The van der Waals surface area contributed by atoms with Crippen LogP contribution < -0.4 is 10.1 Å². The van der Waals surface area contributed by atoms with E-state index in [4.69, 9.17) is 14.7 Å². The van der Waals surface area contributed by atoms with Crippen LogP contribution in [0.3, 0.4) is 0 Å². The summed E-state index contributed by atoms with van der Waals surface area (Å²) >= 11 is 0. The minimum absolute atomic E-state index is 0.00716. The molecule has 1 aromatic rings. The molecule has 0 fully saturated rings. The fourth-order valence-electron chi connectivity index (χ4n) is 1.26. The predicted molar refractivity (Wildman–Crippen MR) is 71.9 cm³/mol. The number of nitrogens with one attached hydrogen (secondary N) is 1. The van der Waals surface area contributed by atoms with Crippen molar-refractivity contribution in [3.05, 3.63) is 24.3 Å². The minimum Gasteiger partial charge on any atom is -0.479 e. The molecule has 0 bridgehead atoms. The molecule has 0 aliphatic rings. The number of rotatable bonds is 5. The maximum absolute atomic E-state index is 11.7. The van der Waals surface area contributed by atoms with Gasteiger partial charge in [-0.1, -0.05) is 6.07 Å². The molecule has 0 unspecified atom stereocenters. The quantitative estimate of drug-likeness (QED) is 0.884. The van der Waals surface area contributed by atoms with E-state index in [-0.39, 0.29) is 24.7 Å². The zero-order valence-corrected chi connectivity index (χ0v) is 11.4. The van der Waals surface area contributed by atoms with Crippen molar-refractivity contribution in [1.82, 2.24) is 0 Å². The fraction of sp³-hybridized carbons (Fsp3) is 0.429. The summed E-state index contributed by atoms with van der Waals surface area (Å²) in [6.45, 7) is 5.63. The Balaban J connectivity index is 2.52. The van der Waals surface area contributed by atoms with Gasteiger partial charge in [-0.05, 0) is 32.9 Å². The van der Waals surface area contributed by atoms with E-state index in [1.54, 1.807) is 24.3 Å². The Morgan fingerprint density at radius 2 is 2.16 bits per heavy atom. The van der Waals surface area contributed by atoms with Gasteiger partial charge in [-0.3, -0.25) is 4.79 Å². The van der Waals surface area contributed by atoms with Crippen molar-refractivity contribution >= 4 is 11.6 Å². The normalized spacial score (nSPS) is 10.6. The number of amides is 1. The van der Waals surface area contributed by atoms with Crippen LogP contribution in [0.1, 0.15) is 20.8 Å². The number of hydrogen-bond acceptors (Lipinski definition) is 4. The molecule has 0 aliphatic heterocycles. The average molecular weight is 262 g/mol. The lowest BCUT2D eigenvalue weighted by atomic mass is 10.2. The van der Waals surface area contributed by atoms with Crippen LogP contribution in [-0.2, 0) is 9.53 Å². The predicted octanol–water partition coefficient (Wildman–Crippen LogP) is 2.34. The Kier molecular flexibility index (Phi) is 5.34. The van der Waals surface area contributed by atoms with Crippen LogP contribution >= 0.6 is 0 Å². The first-order valence-electron chi connectivity index (χ1n) is 5.94. The van der Waals surface area contributed by atoms with Crippen molar-refractivity contribution in [1.29, 1.82) is 5.26 Å². The van der Waals surface area contributed by atoms with Crippen molar-refractivity contribution in [2.45, 2.75) is 26.4 Å². The van der Waals surface area contributed by atoms with Crippen molar-refractivity contribution in [3.8, 4) is 11.8 Å². The SMILES string of the molecule is CC(C)(C)OCC(=O)Nc1cccc(OCC#N)c1. The summed E-state index contributed by atoms with van der Waals surface area (Å²) in [5.41, 5.74) is 0.257. The summed E-state index contributed by atoms with van der Waals surface area (Å²) in [6, 6.07) is 8.75. The molecule has 0 radical (unpaired) electrons. The van der Waals surface area contributed by atoms with Gasteiger partial charge < -0.3 is 14.8 Å². The van der Waals surface area contributed by atoms with Crippen LogP contribution in [0, 0.1) is 11.3 Å². The number of anilines is 1. The number of nitrogens with zero attached hydrogens (tertiary/aromatic N) is 1. The lowest BCUT2D eigenvalue weighted by molar-refractivity contribution is -0.125. The number of benzene rings is 1. The lowest BCUT2D eigenvalue weighted by Crippen LogP contribution is -2.27. The third kappa shape index (κ3) is 6.43. The number of carbonyl (C=O) groups excluding carboxylic acids is 1. The van der Waals surface area contributed by atoms with Gasteiger partial charge in [0.15, 0.2) is 6.61 Å². The highest BCUT2D eigenvalue weighted by Crippen LogP contribution is 2.17. The van der Waals surface area contributed by atoms with E-state index in [0.29, 0.717) is 11.4 Å². The standard InChI is InChI=1S/C14H18N2O3/c1-14(2,3)19-10-13(17)16-11-5-4-6-12(9-11)18-8-7-15/h4-6,9H,8,10H2,1-3H3,(H,16,17). The van der Waals surface area contributed by atoms with Gasteiger partial charge in [-0.15, -0.1) is 0 Å². The molecule has 0 atom stereocenters. The molecule has 0 heterocycles. The van der Waals surface area contributed by atoms with E-state index < -0.39 is 0 Å². The van der Waals surface area contributed by atoms with Gasteiger partial charge in [0.1, 0.15) is 18.4 Å². The highest BCUT2D eigenvalue weighted by atomic mass is 16.5.